The fourth-order valence-corrected chi connectivity index (χ4v) is 0.747. The quantitative estimate of drug-likeness (QED) is 0.616. The van der Waals surface area contributed by atoms with Gasteiger partial charge in [0.05, 0.1) is 6.61 Å². The van der Waals surface area contributed by atoms with Gasteiger partial charge in [0.25, 0.3) is 0 Å². The third-order valence-electron chi connectivity index (χ3n) is 1.37. The molecule has 11 heavy (non-hydrogen) atoms. The Balaban J connectivity index is 3.22. The van der Waals surface area contributed by atoms with Gasteiger partial charge >= 0.3 is 6.09 Å². The van der Waals surface area contributed by atoms with Crippen LogP contribution in [0.5, 0.6) is 0 Å². The molecule has 0 saturated carbocycles. The van der Waals surface area contributed by atoms with E-state index in [4.69, 9.17) is 10.8 Å². The van der Waals surface area contributed by atoms with Crippen molar-refractivity contribution in [2.75, 3.05) is 13.2 Å². The molecule has 0 bridgehead atoms. The third kappa shape index (κ3) is 7.12. The summed E-state index contributed by atoms with van der Waals surface area (Å²) < 4.78 is 4.56. The SMILES string of the molecule is CC(CCCO)COC(N)=O. The average Bonchev–Trinajstić information content (AvgIpc) is 1.97. The lowest BCUT2D eigenvalue weighted by Gasteiger charge is -2.08. The Labute approximate surface area is 66.3 Å². The zero-order valence-corrected chi connectivity index (χ0v) is 6.75. The second-order valence-electron chi connectivity index (χ2n) is 2.60. The summed E-state index contributed by atoms with van der Waals surface area (Å²) in [5.41, 5.74) is 4.76. The highest BCUT2D eigenvalue weighted by Crippen LogP contribution is 2.04. The first-order chi connectivity index (χ1) is 5.16. The Bertz CT molecular complexity index is 116. The zero-order chi connectivity index (χ0) is 8.69. The van der Waals surface area contributed by atoms with Crippen molar-refractivity contribution in [1.29, 1.82) is 0 Å². The number of ether oxygens (including phenoxy) is 1. The molecule has 1 unspecified atom stereocenters. The molecule has 0 fully saturated rings. The van der Waals surface area contributed by atoms with Gasteiger partial charge in [-0.2, -0.15) is 0 Å². The molecule has 66 valence electrons. The van der Waals surface area contributed by atoms with Crippen LogP contribution in [0, 0.1) is 5.92 Å². The molecule has 0 heterocycles. The molecule has 3 N–H and O–H groups in total. The van der Waals surface area contributed by atoms with Crippen LogP contribution in [0.25, 0.3) is 0 Å². The second kappa shape index (κ2) is 5.97. The molecule has 0 rings (SSSR count). The van der Waals surface area contributed by atoms with Gasteiger partial charge < -0.3 is 15.6 Å². The normalized spacial score (nSPS) is 12.5. The molecule has 0 aliphatic rings. The smallest absolute Gasteiger partial charge is 0.404 e. The van der Waals surface area contributed by atoms with Crippen LogP contribution in [0.4, 0.5) is 4.79 Å². The number of nitrogens with two attached hydrogens (primary N) is 1. The Kier molecular flexibility index (Phi) is 5.56. The van der Waals surface area contributed by atoms with Crippen molar-refractivity contribution in [1.82, 2.24) is 0 Å². The molecular formula is C7H15NO3. The van der Waals surface area contributed by atoms with Crippen molar-refractivity contribution in [2.45, 2.75) is 19.8 Å². The van der Waals surface area contributed by atoms with E-state index in [2.05, 4.69) is 4.74 Å². The lowest BCUT2D eigenvalue weighted by molar-refractivity contribution is 0.135. The molecule has 0 radical (unpaired) electrons. The van der Waals surface area contributed by atoms with E-state index in [0.717, 1.165) is 12.8 Å². The topological polar surface area (TPSA) is 72.6 Å². The number of carbonyl (C=O) groups is 1. The van der Waals surface area contributed by atoms with Crippen molar-refractivity contribution >= 4 is 6.09 Å². The van der Waals surface area contributed by atoms with Crippen molar-refractivity contribution in [2.24, 2.45) is 11.7 Å². The van der Waals surface area contributed by atoms with E-state index in [1.807, 2.05) is 6.92 Å². The minimum Gasteiger partial charge on any atom is -0.449 e. The maximum Gasteiger partial charge on any atom is 0.404 e. The van der Waals surface area contributed by atoms with E-state index >= 15 is 0 Å². The first-order valence-corrected chi connectivity index (χ1v) is 3.70. The van der Waals surface area contributed by atoms with Gasteiger partial charge in [0, 0.05) is 6.61 Å². The lowest BCUT2D eigenvalue weighted by Crippen LogP contribution is -2.17. The summed E-state index contributed by atoms with van der Waals surface area (Å²) in [5, 5.41) is 8.46. The number of hydrogen-bond acceptors (Lipinski definition) is 3. The Hall–Kier alpha value is -0.770. The Morgan fingerprint density at radius 1 is 1.73 bits per heavy atom. The van der Waals surface area contributed by atoms with Crippen molar-refractivity contribution in [3.05, 3.63) is 0 Å². The predicted molar refractivity (Wildman–Crippen MR) is 41.0 cm³/mol. The summed E-state index contributed by atoms with van der Waals surface area (Å²) in [7, 11) is 0. The highest BCUT2D eigenvalue weighted by molar-refractivity contribution is 5.64. The van der Waals surface area contributed by atoms with E-state index in [1.54, 1.807) is 0 Å². The van der Waals surface area contributed by atoms with Crippen molar-refractivity contribution in [3.63, 3.8) is 0 Å². The van der Waals surface area contributed by atoms with Crippen molar-refractivity contribution in [3.8, 4) is 0 Å². The van der Waals surface area contributed by atoms with Crippen LogP contribution in [0.15, 0.2) is 0 Å². The molecule has 0 spiro atoms. The second-order valence-corrected chi connectivity index (χ2v) is 2.60. The number of primary amides is 1. The van der Waals surface area contributed by atoms with Gasteiger partial charge in [-0.05, 0) is 18.8 Å². The molecule has 1 amide bonds. The van der Waals surface area contributed by atoms with Crippen LogP contribution < -0.4 is 5.73 Å². The minimum atomic E-state index is -0.735. The van der Waals surface area contributed by atoms with Gasteiger partial charge in [0.2, 0.25) is 0 Å². The molecule has 0 aliphatic heterocycles. The standard InChI is InChI=1S/C7H15NO3/c1-6(3-2-4-9)5-11-7(8)10/h6,9H,2-5H2,1H3,(H2,8,10). The van der Waals surface area contributed by atoms with Crippen molar-refractivity contribution < 1.29 is 14.6 Å². The number of carbonyl (C=O) groups excluding carboxylic acids is 1. The average molecular weight is 161 g/mol. The van der Waals surface area contributed by atoms with Crippen LogP contribution in [0.1, 0.15) is 19.8 Å². The van der Waals surface area contributed by atoms with Gasteiger partial charge in [-0.1, -0.05) is 6.92 Å². The van der Waals surface area contributed by atoms with Crippen LogP contribution in [0.2, 0.25) is 0 Å². The van der Waals surface area contributed by atoms with Crippen LogP contribution in [0.3, 0.4) is 0 Å². The largest absolute Gasteiger partial charge is 0.449 e. The maximum atomic E-state index is 10.1. The number of amides is 1. The Morgan fingerprint density at radius 3 is 2.82 bits per heavy atom. The highest BCUT2D eigenvalue weighted by atomic mass is 16.5. The van der Waals surface area contributed by atoms with Gasteiger partial charge in [-0.15, -0.1) is 0 Å². The first kappa shape index (κ1) is 10.2. The number of aliphatic hydroxyl groups is 1. The highest BCUT2D eigenvalue weighted by Gasteiger charge is 2.03. The summed E-state index contributed by atoms with van der Waals surface area (Å²) in [6.07, 6.45) is 0.855. The van der Waals surface area contributed by atoms with Crippen LogP contribution in [-0.2, 0) is 4.74 Å². The molecule has 4 nitrogen and oxygen atoms in total. The van der Waals surface area contributed by atoms with Crippen LogP contribution >= 0.6 is 0 Å². The van der Waals surface area contributed by atoms with E-state index in [-0.39, 0.29) is 12.5 Å². The van der Waals surface area contributed by atoms with E-state index in [0.29, 0.717) is 6.61 Å². The van der Waals surface area contributed by atoms with Gasteiger partial charge in [-0.3, -0.25) is 0 Å². The molecule has 1 atom stereocenters. The minimum absolute atomic E-state index is 0.181. The van der Waals surface area contributed by atoms with Gasteiger partial charge in [-0.25, -0.2) is 4.79 Å². The number of hydrogen-bond donors (Lipinski definition) is 2. The Morgan fingerprint density at radius 2 is 2.36 bits per heavy atom. The first-order valence-electron chi connectivity index (χ1n) is 3.70. The summed E-state index contributed by atoms with van der Waals surface area (Å²) in [6, 6.07) is 0. The van der Waals surface area contributed by atoms with E-state index in [1.165, 1.54) is 0 Å². The lowest BCUT2D eigenvalue weighted by atomic mass is 10.1. The molecule has 0 saturated heterocycles. The van der Waals surface area contributed by atoms with E-state index in [9.17, 15) is 4.79 Å². The number of aliphatic hydroxyl groups excluding tert-OH is 1. The number of rotatable bonds is 5. The van der Waals surface area contributed by atoms with Crippen LogP contribution in [-0.4, -0.2) is 24.4 Å². The molecule has 0 aromatic carbocycles. The van der Waals surface area contributed by atoms with E-state index < -0.39 is 6.09 Å². The molecule has 0 aromatic rings. The summed E-state index contributed by atoms with van der Waals surface area (Å²) in [6.45, 7) is 2.47. The van der Waals surface area contributed by atoms with Gasteiger partial charge in [0.1, 0.15) is 0 Å². The summed E-state index contributed by atoms with van der Waals surface area (Å²) >= 11 is 0. The molecule has 0 aromatic heterocycles. The molecular weight excluding hydrogens is 146 g/mol. The summed E-state index contributed by atoms with van der Waals surface area (Å²) in [4.78, 5) is 10.1. The monoisotopic (exact) mass is 161 g/mol. The fourth-order valence-electron chi connectivity index (χ4n) is 0.747. The predicted octanol–water partition coefficient (Wildman–Crippen LogP) is 0.490. The maximum absolute atomic E-state index is 10.1. The zero-order valence-electron chi connectivity index (χ0n) is 6.75. The molecule has 0 aliphatic carbocycles. The fraction of sp³-hybridized carbons (Fsp3) is 0.857. The third-order valence-corrected chi connectivity index (χ3v) is 1.37. The van der Waals surface area contributed by atoms with Gasteiger partial charge in [0.15, 0.2) is 0 Å². The summed E-state index contributed by atoms with van der Waals surface area (Å²) in [5.74, 6) is 0.273. The molecule has 4 heteroatoms.